The molecule has 2 fully saturated rings. The summed E-state index contributed by atoms with van der Waals surface area (Å²) in [6.07, 6.45) is 7.89. The maximum atomic E-state index is 12.0. The SMILES string of the molecule is CC(=O)C1(C(C)=O)CCCC2CCCCC21. The largest absolute Gasteiger partial charge is 0.299 e. The van der Waals surface area contributed by atoms with Crippen molar-refractivity contribution in [1.82, 2.24) is 0 Å². The highest BCUT2D eigenvalue weighted by Crippen LogP contribution is 2.51. The van der Waals surface area contributed by atoms with E-state index in [9.17, 15) is 9.59 Å². The first kappa shape index (κ1) is 11.8. The van der Waals surface area contributed by atoms with Crippen molar-refractivity contribution in [2.24, 2.45) is 17.3 Å². The third kappa shape index (κ3) is 1.63. The number of rotatable bonds is 2. The molecule has 2 rings (SSSR count). The Morgan fingerprint density at radius 3 is 2.12 bits per heavy atom. The summed E-state index contributed by atoms with van der Waals surface area (Å²) in [6.45, 7) is 3.25. The number of fused-ring (bicyclic) bond motifs is 1. The Morgan fingerprint density at radius 2 is 1.50 bits per heavy atom. The summed E-state index contributed by atoms with van der Waals surface area (Å²) in [7, 11) is 0. The first-order chi connectivity index (χ1) is 7.59. The molecule has 0 radical (unpaired) electrons. The van der Waals surface area contributed by atoms with Crippen molar-refractivity contribution < 1.29 is 9.59 Å². The van der Waals surface area contributed by atoms with Crippen LogP contribution in [0.3, 0.4) is 0 Å². The van der Waals surface area contributed by atoms with E-state index >= 15 is 0 Å². The van der Waals surface area contributed by atoms with Gasteiger partial charge in [-0.2, -0.15) is 0 Å². The van der Waals surface area contributed by atoms with Crippen LogP contribution in [0.1, 0.15) is 58.8 Å². The van der Waals surface area contributed by atoms with Crippen LogP contribution in [0.5, 0.6) is 0 Å². The Balaban J connectivity index is 2.35. The van der Waals surface area contributed by atoms with E-state index in [0.717, 1.165) is 19.3 Å². The van der Waals surface area contributed by atoms with Crippen molar-refractivity contribution in [2.45, 2.75) is 58.8 Å². The zero-order valence-corrected chi connectivity index (χ0v) is 10.4. The lowest BCUT2D eigenvalue weighted by Crippen LogP contribution is -2.50. The average molecular weight is 222 g/mol. The summed E-state index contributed by atoms with van der Waals surface area (Å²) >= 11 is 0. The van der Waals surface area contributed by atoms with Crippen LogP contribution in [-0.4, -0.2) is 11.6 Å². The Labute approximate surface area is 97.8 Å². The van der Waals surface area contributed by atoms with Crippen molar-refractivity contribution in [2.75, 3.05) is 0 Å². The maximum absolute atomic E-state index is 12.0. The third-order valence-electron chi connectivity index (χ3n) is 4.94. The zero-order chi connectivity index (χ0) is 11.8. The minimum Gasteiger partial charge on any atom is -0.299 e. The molecule has 0 aromatic carbocycles. The molecule has 90 valence electrons. The fourth-order valence-electron chi connectivity index (χ4n) is 4.15. The van der Waals surface area contributed by atoms with Crippen molar-refractivity contribution in [3.8, 4) is 0 Å². The molecule has 2 unspecified atom stereocenters. The van der Waals surface area contributed by atoms with Crippen LogP contribution in [0.15, 0.2) is 0 Å². The highest BCUT2D eigenvalue weighted by atomic mass is 16.2. The van der Waals surface area contributed by atoms with E-state index in [2.05, 4.69) is 0 Å². The molecule has 2 atom stereocenters. The van der Waals surface area contributed by atoms with Gasteiger partial charge in [-0.15, -0.1) is 0 Å². The molecule has 2 saturated carbocycles. The summed E-state index contributed by atoms with van der Waals surface area (Å²) in [5.41, 5.74) is -0.608. The molecular weight excluding hydrogens is 200 g/mol. The van der Waals surface area contributed by atoms with Crippen molar-refractivity contribution >= 4 is 11.6 Å². The maximum Gasteiger partial charge on any atom is 0.143 e. The van der Waals surface area contributed by atoms with Crippen LogP contribution in [0.4, 0.5) is 0 Å². The minimum absolute atomic E-state index is 0.122. The van der Waals surface area contributed by atoms with Crippen molar-refractivity contribution in [3.63, 3.8) is 0 Å². The molecule has 2 nitrogen and oxygen atoms in total. The molecule has 0 aromatic rings. The number of carbonyl (C=O) groups is 2. The van der Waals surface area contributed by atoms with E-state index in [1.54, 1.807) is 13.8 Å². The molecule has 0 spiro atoms. The molecule has 0 heterocycles. The molecule has 2 aliphatic carbocycles. The molecular formula is C14H22O2. The normalized spacial score (nSPS) is 32.9. The van der Waals surface area contributed by atoms with E-state index in [1.807, 2.05) is 0 Å². The van der Waals surface area contributed by atoms with Gasteiger partial charge in [0, 0.05) is 0 Å². The number of hydrogen-bond donors (Lipinski definition) is 0. The fraction of sp³-hybridized carbons (Fsp3) is 0.857. The van der Waals surface area contributed by atoms with Gasteiger partial charge < -0.3 is 0 Å². The molecule has 0 aliphatic heterocycles. The minimum atomic E-state index is -0.608. The van der Waals surface area contributed by atoms with Gasteiger partial charge in [0.15, 0.2) is 0 Å². The second kappa shape index (κ2) is 4.31. The zero-order valence-electron chi connectivity index (χ0n) is 10.4. The van der Waals surface area contributed by atoms with E-state index in [4.69, 9.17) is 0 Å². The van der Waals surface area contributed by atoms with Gasteiger partial charge in [-0.05, 0) is 38.5 Å². The molecule has 16 heavy (non-hydrogen) atoms. The molecule has 0 bridgehead atoms. The number of carbonyl (C=O) groups excluding carboxylic acids is 2. The highest BCUT2D eigenvalue weighted by molar-refractivity contribution is 6.05. The second-order valence-electron chi connectivity index (χ2n) is 5.63. The van der Waals surface area contributed by atoms with Crippen LogP contribution >= 0.6 is 0 Å². The summed E-state index contributed by atoms with van der Waals surface area (Å²) in [4.78, 5) is 24.0. The first-order valence-electron chi connectivity index (χ1n) is 6.61. The van der Waals surface area contributed by atoms with Gasteiger partial charge in [0.05, 0.1) is 5.41 Å². The topological polar surface area (TPSA) is 34.1 Å². The average Bonchev–Trinajstić information content (AvgIpc) is 2.27. The van der Waals surface area contributed by atoms with Gasteiger partial charge in [0.1, 0.15) is 11.6 Å². The lowest BCUT2D eigenvalue weighted by atomic mass is 9.54. The Bertz CT molecular complexity index is 290. The third-order valence-corrected chi connectivity index (χ3v) is 4.94. The van der Waals surface area contributed by atoms with Gasteiger partial charge in [0.2, 0.25) is 0 Å². The molecule has 0 aromatic heterocycles. The Kier molecular flexibility index (Phi) is 3.18. The van der Waals surface area contributed by atoms with E-state index in [0.29, 0.717) is 11.8 Å². The lowest BCUT2D eigenvalue weighted by Gasteiger charge is -2.47. The molecule has 2 heteroatoms. The summed E-state index contributed by atoms with van der Waals surface area (Å²) in [5.74, 6) is 1.23. The first-order valence-corrected chi connectivity index (χ1v) is 6.61. The molecule has 0 N–H and O–H groups in total. The van der Waals surface area contributed by atoms with Crippen LogP contribution in [0, 0.1) is 17.3 Å². The molecule has 0 saturated heterocycles. The standard InChI is InChI=1S/C14H22O2/c1-10(15)14(11(2)16)9-5-7-12-6-3-4-8-13(12)14/h12-13H,3-9H2,1-2H3. The van der Waals surface area contributed by atoms with E-state index < -0.39 is 5.41 Å². The van der Waals surface area contributed by atoms with Crippen LogP contribution < -0.4 is 0 Å². The smallest absolute Gasteiger partial charge is 0.143 e. The van der Waals surface area contributed by atoms with Gasteiger partial charge in [0.25, 0.3) is 0 Å². The van der Waals surface area contributed by atoms with Gasteiger partial charge in [-0.3, -0.25) is 9.59 Å². The predicted molar refractivity (Wildman–Crippen MR) is 63.1 cm³/mol. The van der Waals surface area contributed by atoms with Crippen molar-refractivity contribution in [3.05, 3.63) is 0 Å². The van der Waals surface area contributed by atoms with Gasteiger partial charge in [-0.25, -0.2) is 0 Å². The van der Waals surface area contributed by atoms with Crippen molar-refractivity contribution in [1.29, 1.82) is 0 Å². The summed E-state index contributed by atoms with van der Waals surface area (Å²) in [5, 5.41) is 0. The monoisotopic (exact) mass is 222 g/mol. The van der Waals surface area contributed by atoms with Gasteiger partial charge >= 0.3 is 0 Å². The van der Waals surface area contributed by atoms with Gasteiger partial charge in [-0.1, -0.05) is 32.1 Å². The van der Waals surface area contributed by atoms with Crippen LogP contribution in [0.25, 0.3) is 0 Å². The summed E-state index contributed by atoms with van der Waals surface area (Å²) in [6, 6.07) is 0. The van der Waals surface area contributed by atoms with Crippen LogP contribution in [-0.2, 0) is 9.59 Å². The number of Topliss-reactive ketones (excluding diaryl/α,β-unsaturated/α-hetero) is 2. The molecule has 2 aliphatic rings. The Hall–Kier alpha value is -0.660. The quantitative estimate of drug-likeness (QED) is 0.673. The second-order valence-corrected chi connectivity index (χ2v) is 5.63. The molecule has 0 amide bonds. The predicted octanol–water partition coefficient (Wildman–Crippen LogP) is 3.14. The summed E-state index contributed by atoms with van der Waals surface area (Å²) < 4.78 is 0. The Morgan fingerprint density at radius 1 is 0.938 bits per heavy atom. The van der Waals surface area contributed by atoms with Crippen LogP contribution in [0.2, 0.25) is 0 Å². The highest BCUT2D eigenvalue weighted by Gasteiger charge is 2.52. The number of ketones is 2. The lowest BCUT2D eigenvalue weighted by molar-refractivity contribution is -0.148. The number of hydrogen-bond acceptors (Lipinski definition) is 2. The van der Waals surface area contributed by atoms with E-state index in [1.165, 1.54) is 25.7 Å². The fourth-order valence-corrected chi connectivity index (χ4v) is 4.15. The van der Waals surface area contributed by atoms with E-state index in [-0.39, 0.29) is 11.6 Å².